The largest absolute Gasteiger partial charge is 0.480 e. The molecule has 3 N–H and O–H groups in total. The number of likely N-dealkylation sites (tertiary alicyclic amines) is 1. The quantitative estimate of drug-likeness (QED) is 0.534. The van der Waals surface area contributed by atoms with Gasteiger partial charge in [0, 0.05) is 25.7 Å². The van der Waals surface area contributed by atoms with Crippen molar-refractivity contribution in [2.45, 2.75) is 44.3 Å². The van der Waals surface area contributed by atoms with E-state index in [1.165, 1.54) is 4.90 Å². The van der Waals surface area contributed by atoms with E-state index in [2.05, 4.69) is 6.07 Å². The number of thiophene rings is 1. The van der Waals surface area contributed by atoms with Crippen molar-refractivity contribution in [3.8, 4) is 6.07 Å². The average molecular weight is 507 g/mol. The lowest BCUT2D eigenvalue weighted by Gasteiger charge is -2.33. The first-order valence-electron chi connectivity index (χ1n) is 11.9. The van der Waals surface area contributed by atoms with Gasteiger partial charge in [-0.2, -0.15) is 5.26 Å². The maximum absolute atomic E-state index is 13.8. The minimum atomic E-state index is -1.03. The van der Waals surface area contributed by atoms with Crippen LogP contribution >= 0.6 is 11.3 Å². The van der Waals surface area contributed by atoms with Gasteiger partial charge in [-0.1, -0.05) is 18.2 Å². The molecule has 4 heterocycles. The van der Waals surface area contributed by atoms with Crippen LogP contribution in [0.25, 0.3) is 10.2 Å². The molecule has 0 unspecified atom stereocenters. The Hall–Kier alpha value is -3.75. The molecule has 10 nitrogen and oxygen atoms in total. The Balaban J connectivity index is 1.61. The summed E-state index contributed by atoms with van der Waals surface area (Å²) in [6, 6.07) is 9.97. The number of carbonyl (C=O) groups is 2. The van der Waals surface area contributed by atoms with Crippen LogP contribution in [0.1, 0.15) is 46.5 Å². The minimum Gasteiger partial charge on any atom is -0.480 e. The summed E-state index contributed by atoms with van der Waals surface area (Å²) in [6.45, 7) is 1.75. The van der Waals surface area contributed by atoms with E-state index in [9.17, 15) is 24.8 Å². The number of aliphatic carboxylic acids is 1. The van der Waals surface area contributed by atoms with Crippen LogP contribution in [-0.2, 0) is 11.3 Å². The van der Waals surface area contributed by atoms with Crippen LogP contribution in [0.15, 0.2) is 35.1 Å². The van der Waals surface area contributed by atoms with Crippen LogP contribution < -0.4 is 16.2 Å². The molecule has 0 radical (unpaired) electrons. The molecule has 0 spiro atoms. The molecule has 2 fully saturated rings. The van der Waals surface area contributed by atoms with Gasteiger partial charge in [-0.25, -0.2) is 9.78 Å². The minimum absolute atomic E-state index is 0.0473. The highest BCUT2D eigenvalue weighted by molar-refractivity contribution is 7.20. The van der Waals surface area contributed by atoms with Crippen molar-refractivity contribution >= 4 is 39.4 Å². The van der Waals surface area contributed by atoms with E-state index < -0.39 is 17.9 Å². The molecule has 36 heavy (non-hydrogen) atoms. The number of amides is 1. The van der Waals surface area contributed by atoms with E-state index in [0.717, 1.165) is 24.2 Å². The number of carbonyl (C=O) groups excluding carboxylic acids is 1. The van der Waals surface area contributed by atoms with E-state index in [-0.39, 0.29) is 18.1 Å². The lowest BCUT2D eigenvalue weighted by Crippen LogP contribution is -2.45. The molecule has 5 rings (SSSR count). The van der Waals surface area contributed by atoms with Gasteiger partial charge < -0.3 is 20.6 Å². The number of aromatic nitrogens is 2. The Morgan fingerprint density at radius 3 is 2.75 bits per heavy atom. The normalized spacial score (nSPS) is 20.0. The molecule has 3 aromatic rings. The molecule has 2 saturated heterocycles. The first kappa shape index (κ1) is 24.0. The maximum atomic E-state index is 13.8. The number of piperidine rings is 1. The summed E-state index contributed by atoms with van der Waals surface area (Å²) in [7, 11) is 0. The predicted octanol–water partition coefficient (Wildman–Crippen LogP) is 1.99. The zero-order valence-electron chi connectivity index (χ0n) is 19.6. The van der Waals surface area contributed by atoms with Gasteiger partial charge in [0.1, 0.15) is 10.7 Å². The van der Waals surface area contributed by atoms with Crippen molar-refractivity contribution in [1.29, 1.82) is 5.26 Å². The molecule has 0 saturated carbocycles. The van der Waals surface area contributed by atoms with Crippen molar-refractivity contribution in [3.05, 3.63) is 56.7 Å². The van der Waals surface area contributed by atoms with E-state index in [4.69, 9.17) is 10.7 Å². The van der Waals surface area contributed by atoms with Gasteiger partial charge in [0.15, 0.2) is 0 Å². The summed E-state index contributed by atoms with van der Waals surface area (Å²) < 4.78 is 1.88. The molecule has 0 aliphatic carbocycles. The second kappa shape index (κ2) is 9.72. The number of nitrogens with zero attached hydrogens (tertiary/aromatic N) is 5. The molecule has 2 aliphatic rings. The van der Waals surface area contributed by atoms with Gasteiger partial charge in [-0.15, -0.1) is 11.3 Å². The fourth-order valence-corrected chi connectivity index (χ4v) is 6.03. The van der Waals surface area contributed by atoms with E-state index in [0.29, 0.717) is 64.6 Å². The van der Waals surface area contributed by atoms with Crippen molar-refractivity contribution in [2.24, 2.45) is 5.73 Å². The zero-order chi connectivity index (χ0) is 25.4. The lowest BCUT2D eigenvalue weighted by atomic mass is 10.1. The fraction of sp³-hybridized carbons (Fsp3) is 0.400. The second-order valence-electron chi connectivity index (χ2n) is 9.24. The summed E-state index contributed by atoms with van der Waals surface area (Å²) >= 11 is 1.03. The van der Waals surface area contributed by atoms with Crippen molar-refractivity contribution < 1.29 is 14.7 Å². The first-order valence-corrected chi connectivity index (χ1v) is 12.8. The number of rotatable bonds is 5. The van der Waals surface area contributed by atoms with Crippen LogP contribution in [0.2, 0.25) is 0 Å². The Morgan fingerprint density at radius 2 is 2.00 bits per heavy atom. The number of nitrogens with two attached hydrogens (primary N) is 1. The molecule has 0 bridgehead atoms. The summed E-state index contributed by atoms with van der Waals surface area (Å²) in [5, 5.41) is 19.0. The molecular weight excluding hydrogens is 480 g/mol. The number of anilines is 1. The topological polar surface area (TPSA) is 146 Å². The van der Waals surface area contributed by atoms with Crippen LogP contribution in [0.5, 0.6) is 0 Å². The van der Waals surface area contributed by atoms with E-state index >= 15 is 0 Å². The number of carboxylic acid groups (broad SMARTS) is 1. The number of hydrogen-bond donors (Lipinski definition) is 2. The van der Waals surface area contributed by atoms with Crippen LogP contribution in [0.4, 0.5) is 5.95 Å². The highest BCUT2D eigenvalue weighted by Crippen LogP contribution is 2.29. The Labute approximate surface area is 211 Å². The van der Waals surface area contributed by atoms with Crippen molar-refractivity contribution in [3.63, 3.8) is 0 Å². The third-order valence-electron chi connectivity index (χ3n) is 6.83. The standard InChI is InChI=1S/C25H26N6O4S/c26-12-15-5-1-2-6-16(15)13-31-23(33)21-18(28-25(31)29-9-3-7-17(27)14-29)11-20(36-21)22(32)30-10-4-8-19(30)24(34)35/h1-2,5-6,11,17,19H,3-4,7-10,13-14,27H2,(H,34,35)/t17-,19+/m1/s1. The van der Waals surface area contributed by atoms with Crippen molar-refractivity contribution in [2.75, 3.05) is 24.5 Å². The van der Waals surface area contributed by atoms with Crippen molar-refractivity contribution in [1.82, 2.24) is 14.5 Å². The van der Waals surface area contributed by atoms with Gasteiger partial charge in [-0.3, -0.25) is 14.2 Å². The third-order valence-corrected chi connectivity index (χ3v) is 7.93. The number of carboxylic acids is 1. The zero-order valence-corrected chi connectivity index (χ0v) is 20.4. The van der Waals surface area contributed by atoms with Gasteiger partial charge in [-0.05, 0) is 43.4 Å². The molecule has 2 aliphatic heterocycles. The van der Waals surface area contributed by atoms with Crippen LogP contribution in [0, 0.1) is 11.3 Å². The summed E-state index contributed by atoms with van der Waals surface area (Å²) in [6.07, 6.45) is 2.78. The van der Waals surface area contributed by atoms with Crippen LogP contribution in [-0.4, -0.2) is 63.2 Å². The van der Waals surface area contributed by atoms with E-state index in [1.54, 1.807) is 22.8 Å². The highest BCUT2D eigenvalue weighted by atomic mass is 32.1. The van der Waals surface area contributed by atoms with E-state index in [1.807, 2.05) is 17.0 Å². The molecule has 11 heteroatoms. The molecule has 1 aromatic carbocycles. The number of hydrogen-bond acceptors (Lipinski definition) is 8. The summed E-state index contributed by atoms with van der Waals surface area (Å²) in [4.78, 5) is 47.0. The highest BCUT2D eigenvalue weighted by Gasteiger charge is 2.35. The second-order valence-corrected chi connectivity index (χ2v) is 10.3. The van der Waals surface area contributed by atoms with Crippen LogP contribution in [0.3, 0.4) is 0 Å². The summed E-state index contributed by atoms with van der Waals surface area (Å²) in [5.41, 5.74) is 7.48. The SMILES string of the molecule is N#Cc1ccccc1Cn1c(N2CCC[C@@H](N)C2)nc2cc(C(=O)N3CCC[C@H]3C(=O)O)sc2c1=O. The molecule has 186 valence electrons. The predicted molar refractivity (Wildman–Crippen MR) is 135 cm³/mol. The van der Waals surface area contributed by atoms with Gasteiger partial charge in [0.2, 0.25) is 5.95 Å². The van der Waals surface area contributed by atoms with Gasteiger partial charge >= 0.3 is 5.97 Å². The lowest BCUT2D eigenvalue weighted by molar-refractivity contribution is -0.141. The maximum Gasteiger partial charge on any atom is 0.326 e. The Kier molecular flexibility index (Phi) is 6.47. The Bertz CT molecular complexity index is 1440. The average Bonchev–Trinajstić information content (AvgIpc) is 3.53. The number of nitriles is 1. The monoisotopic (exact) mass is 506 g/mol. The van der Waals surface area contributed by atoms with Gasteiger partial charge in [0.25, 0.3) is 11.5 Å². The fourth-order valence-electron chi connectivity index (χ4n) is 5.03. The molecule has 2 aromatic heterocycles. The third kappa shape index (κ3) is 4.34. The Morgan fingerprint density at radius 1 is 1.22 bits per heavy atom. The molecule has 1 amide bonds. The first-order chi connectivity index (χ1) is 17.4. The molecule has 2 atom stereocenters. The number of fused-ring (bicyclic) bond motifs is 1. The number of benzene rings is 1. The summed E-state index contributed by atoms with van der Waals surface area (Å²) in [5.74, 6) is -0.968. The smallest absolute Gasteiger partial charge is 0.326 e. The molecular formula is C25H26N6O4S. The van der Waals surface area contributed by atoms with Gasteiger partial charge in [0.05, 0.1) is 28.6 Å².